The van der Waals surface area contributed by atoms with Gasteiger partial charge >= 0.3 is 6.18 Å². The summed E-state index contributed by atoms with van der Waals surface area (Å²) in [5.41, 5.74) is 8.39. The highest BCUT2D eigenvalue weighted by Crippen LogP contribution is 2.46. The number of fused-ring (bicyclic) bond motifs is 6. The highest BCUT2D eigenvalue weighted by atomic mass is 19.4. The Labute approximate surface area is 409 Å². The SMILES string of the molecule is N#Cc1cc(C#N)cc(-c2ccc3c(c2)c2ccccc2n3-c2ccc(-c3ccc(C#N)cc3C(F)(F)F)cc2-c2c(C#N)cccc2-n2c3ccccc3c3cc(-c4cc(C#N)cc(C#N)c4)ccc32)c1. The molecule has 11 rings (SSSR count). The van der Waals surface area contributed by atoms with E-state index in [1.165, 1.54) is 24.3 Å². The molecule has 0 fully saturated rings. The van der Waals surface area contributed by atoms with Gasteiger partial charge in [0.15, 0.2) is 0 Å². The van der Waals surface area contributed by atoms with E-state index < -0.39 is 11.7 Å². The Morgan fingerprint density at radius 2 is 0.819 bits per heavy atom. The van der Waals surface area contributed by atoms with Crippen molar-refractivity contribution in [3.05, 3.63) is 215 Å². The largest absolute Gasteiger partial charge is 0.417 e. The van der Waals surface area contributed by atoms with Crippen LogP contribution in [-0.2, 0) is 6.18 Å². The summed E-state index contributed by atoms with van der Waals surface area (Å²) in [6.45, 7) is 0. The lowest BCUT2D eigenvalue weighted by atomic mass is 9.90. The van der Waals surface area contributed by atoms with Crippen LogP contribution in [0.1, 0.15) is 38.9 Å². The fraction of sp³-hybridized carbons (Fsp3) is 0.0164. The smallest absolute Gasteiger partial charge is 0.309 e. The molecular weight excluding hydrogens is 902 g/mol. The van der Waals surface area contributed by atoms with Crippen molar-refractivity contribution in [3.63, 3.8) is 0 Å². The van der Waals surface area contributed by atoms with Gasteiger partial charge in [-0.15, -0.1) is 0 Å². The molecule has 0 unspecified atom stereocenters. The van der Waals surface area contributed by atoms with Crippen LogP contribution in [0.15, 0.2) is 176 Å². The summed E-state index contributed by atoms with van der Waals surface area (Å²) in [4.78, 5) is 0. The van der Waals surface area contributed by atoms with Gasteiger partial charge in [-0.05, 0) is 143 Å². The zero-order chi connectivity index (χ0) is 49.8. The second-order valence-electron chi connectivity index (χ2n) is 17.1. The van der Waals surface area contributed by atoms with Crippen LogP contribution < -0.4 is 0 Å². The maximum Gasteiger partial charge on any atom is 0.417 e. The van der Waals surface area contributed by atoms with Crippen LogP contribution in [0.25, 0.3) is 99.5 Å². The molecule has 0 bridgehead atoms. The van der Waals surface area contributed by atoms with Gasteiger partial charge in [0.1, 0.15) is 0 Å². The maximum atomic E-state index is 15.0. The molecule has 9 aromatic carbocycles. The van der Waals surface area contributed by atoms with Gasteiger partial charge < -0.3 is 9.13 Å². The van der Waals surface area contributed by atoms with Crippen molar-refractivity contribution >= 4 is 43.6 Å². The Hall–Kier alpha value is -10.7. The van der Waals surface area contributed by atoms with E-state index in [2.05, 4.69) is 30.3 Å². The molecule has 8 nitrogen and oxygen atoms in total. The predicted octanol–water partition coefficient (Wildman–Crippen LogP) is 14.8. The van der Waals surface area contributed by atoms with Gasteiger partial charge in [-0.2, -0.15) is 44.7 Å². The fourth-order valence-corrected chi connectivity index (χ4v) is 9.97. The number of para-hydroxylation sites is 2. The molecule has 0 aliphatic heterocycles. The first-order chi connectivity index (χ1) is 35.0. The van der Waals surface area contributed by atoms with Crippen molar-refractivity contribution in [3.8, 4) is 92.3 Å². The lowest BCUT2D eigenvalue weighted by Gasteiger charge is -2.21. The van der Waals surface area contributed by atoms with E-state index in [9.17, 15) is 31.6 Å². The molecule has 0 radical (unpaired) electrons. The van der Waals surface area contributed by atoms with Crippen LogP contribution >= 0.6 is 0 Å². The van der Waals surface area contributed by atoms with Gasteiger partial charge in [-0.3, -0.25) is 0 Å². The van der Waals surface area contributed by atoms with E-state index in [-0.39, 0.29) is 22.3 Å². The number of hydrogen-bond donors (Lipinski definition) is 0. The molecule has 2 heterocycles. The Kier molecular flexibility index (Phi) is 10.4. The van der Waals surface area contributed by atoms with Crippen LogP contribution in [0.4, 0.5) is 13.2 Å². The van der Waals surface area contributed by atoms with Crippen LogP contribution in [0, 0.1) is 68.0 Å². The zero-order valence-electron chi connectivity index (χ0n) is 37.5. The molecule has 72 heavy (non-hydrogen) atoms. The molecule has 0 saturated heterocycles. The van der Waals surface area contributed by atoms with Gasteiger partial charge in [0.25, 0.3) is 0 Å². The molecule has 0 amide bonds. The van der Waals surface area contributed by atoms with Crippen LogP contribution in [-0.4, -0.2) is 9.13 Å². The molecule has 0 saturated carbocycles. The molecule has 0 aliphatic carbocycles. The topological polar surface area (TPSA) is 153 Å². The van der Waals surface area contributed by atoms with E-state index in [0.29, 0.717) is 55.9 Å². The Balaban J connectivity index is 1.22. The highest BCUT2D eigenvalue weighted by Gasteiger charge is 2.35. The lowest BCUT2D eigenvalue weighted by Crippen LogP contribution is -2.08. The van der Waals surface area contributed by atoms with Crippen molar-refractivity contribution in [1.82, 2.24) is 9.13 Å². The van der Waals surface area contributed by atoms with Crippen LogP contribution in [0.2, 0.25) is 0 Å². The normalized spacial score (nSPS) is 11.2. The third-order valence-electron chi connectivity index (χ3n) is 13.1. The first-order valence-corrected chi connectivity index (χ1v) is 22.3. The Morgan fingerprint density at radius 1 is 0.333 bits per heavy atom. The van der Waals surface area contributed by atoms with Crippen LogP contribution in [0.3, 0.4) is 0 Å². The Morgan fingerprint density at radius 3 is 1.32 bits per heavy atom. The minimum absolute atomic E-state index is 0.148. The summed E-state index contributed by atoms with van der Waals surface area (Å²) < 4.78 is 49.1. The minimum atomic E-state index is -4.82. The van der Waals surface area contributed by atoms with Gasteiger partial charge in [0.2, 0.25) is 0 Å². The third-order valence-corrected chi connectivity index (χ3v) is 13.1. The number of rotatable bonds is 6. The van der Waals surface area contributed by atoms with Gasteiger partial charge in [0.05, 0.1) is 109 Å². The molecule has 2 aromatic heterocycles. The van der Waals surface area contributed by atoms with Gasteiger partial charge in [-0.1, -0.05) is 66.7 Å². The second kappa shape index (κ2) is 17.1. The van der Waals surface area contributed by atoms with Crippen molar-refractivity contribution in [1.29, 1.82) is 31.6 Å². The molecular formula is C61H29F3N8. The third kappa shape index (κ3) is 7.20. The number of nitrogens with zero attached hydrogens (tertiary/aromatic N) is 8. The summed E-state index contributed by atoms with van der Waals surface area (Å²) in [6, 6.07) is 63.9. The highest BCUT2D eigenvalue weighted by molar-refractivity contribution is 6.13. The quantitative estimate of drug-likeness (QED) is 0.162. The number of halogens is 3. The summed E-state index contributed by atoms with van der Waals surface area (Å²) in [6.07, 6.45) is -4.82. The summed E-state index contributed by atoms with van der Waals surface area (Å²) in [5.74, 6) is 0. The number of nitriles is 6. The van der Waals surface area contributed by atoms with E-state index >= 15 is 13.2 Å². The van der Waals surface area contributed by atoms with Crippen LogP contribution in [0.5, 0.6) is 0 Å². The monoisotopic (exact) mass is 930 g/mol. The summed E-state index contributed by atoms with van der Waals surface area (Å²) in [7, 11) is 0. The van der Waals surface area contributed by atoms with Crippen molar-refractivity contribution in [2.75, 3.05) is 0 Å². The fourth-order valence-electron chi connectivity index (χ4n) is 9.97. The molecule has 11 heteroatoms. The number of benzene rings is 9. The number of aromatic nitrogens is 2. The summed E-state index contributed by atoms with van der Waals surface area (Å²) >= 11 is 0. The van der Waals surface area contributed by atoms with Crippen molar-refractivity contribution in [2.45, 2.75) is 6.18 Å². The van der Waals surface area contributed by atoms with Crippen molar-refractivity contribution < 1.29 is 13.2 Å². The van der Waals surface area contributed by atoms with E-state index in [1.54, 1.807) is 54.6 Å². The molecule has 0 atom stereocenters. The van der Waals surface area contributed by atoms with E-state index in [4.69, 9.17) is 0 Å². The maximum absolute atomic E-state index is 15.0. The standard InChI is InChI=1S/C61H29F3N8/c62-61(63,64)53-26-36(30-65)12-16-47(53)43-15-19-58(71-54-9-3-1-7-48(54)50-27-41(13-17-56(50)71)45-22-37(31-66)20-38(23-45)32-67)52(29-43)60-44(35-70)6-5-11-59(60)72-55-10-4-2-8-49(55)51-28-42(14-18-57(51)72)46-24-39(33-68)21-40(25-46)34-69/h1-29H. The lowest BCUT2D eigenvalue weighted by molar-refractivity contribution is -0.137. The number of hydrogen-bond acceptors (Lipinski definition) is 6. The first kappa shape index (κ1) is 43.9. The molecule has 0 aliphatic rings. The van der Waals surface area contributed by atoms with Gasteiger partial charge in [0, 0.05) is 32.7 Å². The van der Waals surface area contributed by atoms with E-state index in [1.807, 2.05) is 106 Å². The number of alkyl halides is 3. The van der Waals surface area contributed by atoms with E-state index in [0.717, 1.165) is 60.8 Å². The van der Waals surface area contributed by atoms with Crippen molar-refractivity contribution in [2.24, 2.45) is 0 Å². The first-order valence-electron chi connectivity index (χ1n) is 22.3. The average molecular weight is 931 g/mol. The zero-order valence-corrected chi connectivity index (χ0v) is 37.5. The second-order valence-corrected chi connectivity index (χ2v) is 17.1. The average Bonchev–Trinajstić information content (AvgIpc) is 3.93. The molecule has 0 N–H and O–H groups in total. The summed E-state index contributed by atoms with van der Waals surface area (Å²) in [5, 5.41) is 63.3. The van der Waals surface area contributed by atoms with Gasteiger partial charge in [-0.25, -0.2) is 0 Å². The Bertz CT molecular complexity index is 4350. The minimum Gasteiger partial charge on any atom is -0.309 e. The molecule has 11 aromatic rings. The molecule has 0 spiro atoms. The predicted molar refractivity (Wildman–Crippen MR) is 270 cm³/mol. The molecule has 334 valence electrons.